The van der Waals surface area contributed by atoms with Gasteiger partial charge in [0.25, 0.3) is 5.91 Å². The summed E-state index contributed by atoms with van der Waals surface area (Å²) in [6, 6.07) is 7.32. The van der Waals surface area contributed by atoms with Gasteiger partial charge in [-0.1, -0.05) is 18.5 Å². The number of carbonyl (C=O) groups excluding carboxylic acids is 1. The maximum Gasteiger partial charge on any atom is 0.272 e. The van der Waals surface area contributed by atoms with E-state index in [-0.39, 0.29) is 5.91 Å². The summed E-state index contributed by atoms with van der Waals surface area (Å²) in [6.45, 7) is 5.75. The second kappa shape index (κ2) is 7.96. The number of rotatable bonds is 4. The molecule has 5 nitrogen and oxygen atoms in total. The second-order valence-corrected chi connectivity index (χ2v) is 7.24. The summed E-state index contributed by atoms with van der Waals surface area (Å²) in [7, 11) is 1.60. The number of amides is 1. The fourth-order valence-corrected chi connectivity index (χ4v) is 3.24. The number of carbonyl (C=O) groups is 1. The fourth-order valence-electron chi connectivity index (χ4n) is 3.08. The average Bonchev–Trinajstić information content (AvgIpc) is 2.65. The molecule has 1 fully saturated rings. The number of ether oxygens (including phenoxy) is 1. The SMILES string of the molecule is COc1cc(Cl)c(C)cc1Nc1ccnc(C(=O)N2CCC(C)CC2)c1. The number of piperidine rings is 1. The first-order chi connectivity index (χ1) is 12.5. The van der Waals surface area contributed by atoms with Gasteiger partial charge in [-0.15, -0.1) is 0 Å². The van der Waals surface area contributed by atoms with Crippen molar-refractivity contribution in [3.63, 3.8) is 0 Å². The van der Waals surface area contributed by atoms with Crippen LogP contribution in [-0.4, -0.2) is 36.0 Å². The van der Waals surface area contributed by atoms with Crippen LogP contribution in [0.25, 0.3) is 0 Å². The first kappa shape index (κ1) is 18.5. The maximum atomic E-state index is 12.7. The number of anilines is 2. The molecule has 0 atom stereocenters. The first-order valence-corrected chi connectivity index (χ1v) is 9.22. The number of aromatic nitrogens is 1. The zero-order valence-electron chi connectivity index (χ0n) is 15.4. The molecule has 0 radical (unpaired) electrons. The van der Waals surface area contributed by atoms with Crippen LogP contribution in [0.5, 0.6) is 5.75 Å². The standard InChI is InChI=1S/C20H24ClN3O2/c1-13-5-8-24(9-6-13)20(25)18-11-15(4-7-22-18)23-17-10-14(2)16(21)12-19(17)26-3/h4,7,10-13H,5-6,8-9H2,1-3H3,(H,22,23). The minimum Gasteiger partial charge on any atom is -0.495 e. The summed E-state index contributed by atoms with van der Waals surface area (Å²) >= 11 is 6.16. The zero-order chi connectivity index (χ0) is 18.7. The van der Waals surface area contributed by atoms with E-state index >= 15 is 0 Å². The zero-order valence-corrected chi connectivity index (χ0v) is 16.1. The lowest BCUT2D eigenvalue weighted by Gasteiger charge is -2.30. The molecule has 1 aromatic carbocycles. The van der Waals surface area contributed by atoms with Gasteiger partial charge < -0.3 is 15.0 Å². The number of aryl methyl sites for hydroxylation is 1. The van der Waals surface area contributed by atoms with Gasteiger partial charge in [0.1, 0.15) is 11.4 Å². The summed E-state index contributed by atoms with van der Waals surface area (Å²) in [5, 5.41) is 3.95. The highest BCUT2D eigenvalue weighted by Crippen LogP contribution is 2.33. The van der Waals surface area contributed by atoms with Crippen LogP contribution in [0.15, 0.2) is 30.5 Å². The lowest BCUT2D eigenvalue weighted by molar-refractivity contribution is 0.0691. The van der Waals surface area contributed by atoms with Crippen LogP contribution in [0.2, 0.25) is 5.02 Å². The van der Waals surface area contributed by atoms with Crippen molar-refractivity contribution in [2.45, 2.75) is 26.7 Å². The third-order valence-corrected chi connectivity index (χ3v) is 5.22. The van der Waals surface area contributed by atoms with Crippen molar-refractivity contribution in [3.05, 3.63) is 46.7 Å². The van der Waals surface area contributed by atoms with Gasteiger partial charge in [0.15, 0.2) is 0 Å². The highest BCUT2D eigenvalue weighted by Gasteiger charge is 2.22. The van der Waals surface area contributed by atoms with Gasteiger partial charge in [-0.3, -0.25) is 9.78 Å². The number of nitrogens with zero attached hydrogens (tertiary/aromatic N) is 2. The smallest absolute Gasteiger partial charge is 0.272 e. The molecule has 0 spiro atoms. The largest absolute Gasteiger partial charge is 0.495 e. The molecule has 6 heteroatoms. The van der Waals surface area contributed by atoms with Gasteiger partial charge in [-0.05, 0) is 49.4 Å². The minimum atomic E-state index is -0.0141. The molecule has 2 heterocycles. The number of halogens is 1. The summed E-state index contributed by atoms with van der Waals surface area (Å²) in [4.78, 5) is 18.9. The summed E-state index contributed by atoms with van der Waals surface area (Å²) < 4.78 is 5.40. The minimum absolute atomic E-state index is 0.0141. The van der Waals surface area contributed by atoms with E-state index in [0.717, 1.165) is 42.9 Å². The molecule has 1 aromatic heterocycles. The molecule has 0 unspecified atom stereocenters. The fraction of sp³-hybridized carbons (Fsp3) is 0.400. The number of hydrogen-bond donors (Lipinski definition) is 1. The highest BCUT2D eigenvalue weighted by molar-refractivity contribution is 6.31. The first-order valence-electron chi connectivity index (χ1n) is 8.84. The van der Waals surface area contributed by atoms with Gasteiger partial charge in [-0.2, -0.15) is 0 Å². The number of benzene rings is 1. The quantitative estimate of drug-likeness (QED) is 0.846. The molecule has 3 rings (SSSR count). The predicted octanol–water partition coefficient (Wildman–Crippen LogP) is 4.67. The molecule has 1 aliphatic rings. The summed E-state index contributed by atoms with van der Waals surface area (Å²) in [5.41, 5.74) is 2.98. The lowest BCUT2D eigenvalue weighted by atomic mass is 9.99. The van der Waals surface area contributed by atoms with E-state index in [0.29, 0.717) is 22.4 Å². The van der Waals surface area contributed by atoms with E-state index in [4.69, 9.17) is 16.3 Å². The molecule has 0 aliphatic carbocycles. The van der Waals surface area contributed by atoms with E-state index < -0.39 is 0 Å². The Balaban J connectivity index is 1.80. The maximum absolute atomic E-state index is 12.7. The molecule has 2 aromatic rings. The van der Waals surface area contributed by atoms with Gasteiger partial charge in [0, 0.05) is 36.1 Å². The van der Waals surface area contributed by atoms with E-state index in [9.17, 15) is 4.79 Å². The van der Waals surface area contributed by atoms with E-state index in [1.165, 1.54) is 0 Å². The van der Waals surface area contributed by atoms with Crippen LogP contribution < -0.4 is 10.1 Å². The number of likely N-dealkylation sites (tertiary alicyclic amines) is 1. The van der Waals surface area contributed by atoms with Gasteiger partial charge >= 0.3 is 0 Å². The van der Waals surface area contributed by atoms with Crippen LogP contribution in [0.1, 0.15) is 35.8 Å². The van der Waals surface area contributed by atoms with Crippen molar-refractivity contribution in [1.29, 1.82) is 0 Å². The van der Waals surface area contributed by atoms with E-state index in [1.54, 1.807) is 25.4 Å². The Morgan fingerprint density at radius 1 is 1.31 bits per heavy atom. The van der Waals surface area contributed by atoms with Gasteiger partial charge in [-0.25, -0.2) is 0 Å². The Morgan fingerprint density at radius 2 is 2.04 bits per heavy atom. The van der Waals surface area contributed by atoms with Crippen molar-refractivity contribution in [3.8, 4) is 5.75 Å². The molecule has 1 aliphatic heterocycles. The highest BCUT2D eigenvalue weighted by atomic mass is 35.5. The monoisotopic (exact) mass is 373 g/mol. The van der Waals surface area contributed by atoms with Crippen LogP contribution in [0.4, 0.5) is 11.4 Å². The van der Waals surface area contributed by atoms with Crippen molar-refractivity contribution < 1.29 is 9.53 Å². The Morgan fingerprint density at radius 3 is 2.73 bits per heavy atom. The van der Waals surface area contributed by atoms with Gasteiger partial charge in [0.05, 0.1) is 12.8 Å². The van der Waals surface area contributed by atoms with E-state index in [1.807, 2.05) is 24.0 Å². The third-order valence-electron chi connectivity index (χ3n) is 4.81. The second-order valence-electron chi connectivity index (χ2n) is 6.83. The molecule has 1 N–H and O–H groups in total. The van der Waals surface area contributed by atoms with Crippen molar-refractivity contribution in [2.75, 3.05) is 25.5 Å². The normalized spacial score (nSPS) is 15.0. The van der Waals surface area contributed by atoms with Crippen LogP contribution in [-0.2, 0) is 0 Å². The summed E-state index contributed by atoms with van der Waals surface area (Å²) in [5.74, 6) is 1.32. The predicted molar refractivity (Wildman–Crippen MR) is 105 cm³/mol. The van der Waals surface area contributed by atoms with Gasteiger partial charge in [0.2, 0.25) is 0 Å². The van der Waals surface area contributed by atoms with Crippen molar-refractivity contribution >= 4 is 28.9 Å². The number of nitrogens with one attached hydrogen (secondary N) is 1. The van der Waals surface area contributed by atoms with Crippen molar-refractivity contribution in [2.24, 2.45) is 5.92 Å². The molecule has 1 amide bonds. The molecule has 1 saturated heterocycles. The number of hydrogen-bond acceptors (Lipinski definition) is 4. The van der Waals surface area contributed by atoms with Crippen LogP contribution in [0, 0.1) is 12.8 Å². The lowest BCUT2D eigenvalue weighted by Crippen LogP contribution is -2.38. The number of methoxy groups -OCH3 is 1. The van der Waals surface area contributed by atoms with E-state index in [2.05, 4.69) is 17.2 Å². The molecular formula is C20H24ClN3O2. The molecule has 26 heavy (non-hydrogen) atoms. The van der Waals surface area contributed by atoms with Crippen molar-refractivity contribution in [1.82, 2.24) is 9.88 Å². The Hall–Kier alpha value is -2.27. The summed E-state index contributed by atoms with van der Waals surface area (Å²) in [6.07, 6.45) is 3.74. The molecular weight excluding hydrogens is 350 g/mol. The topological polar surface area (TPSA) is 54.5 Å². The Kier molecular flexibility index (Phi) is 5.67. The molecule has 0 bridgehead atoms. The average molecular weight is 374 g/mol. The molecule has 138 valence electrons. The molecule has 0 saturated carbocycles. The number of pyridine rings is 1. The Bertz CT molecular complexity index is 802. The van der Waals surface area contributed by atoms with Crippen LogP contribution in [0.3, 0.4) is 0 Å². The third kappa shape index (κ3) is 4.10. The van der Waals surface area contributed by atoms with Crippen LogP contribution >= 0.6 is 11.6 Å². The Labute approximate surface area is 159 Å².